The first-order chi connectivity index (χ1) is 12.8. The fraction of sp³-hybridized carbons (Fsp3) is 0.250. The van der Waals surface area contributed by atoms with Crippen LogP contribution in [0, 0.1) is 0 Å². The molecule has 0 unspecified atom stereocenters. The summed E-state index contributed by atoms with van der Waals surface area (Å²) in [7, 11) is 3.47. The van der Waals surface area contributed by atoms with Crippen LogP contribution in [0.15, 0.2) is 48.5 Å². The van der Waals surface area contributed by atoms with E-state index in [4.69, 9.17) is 5.73 Å². The van der Waals surface area contributed by atoms with Crippen LogP contribution >= 0.6 is 0 Å². The summed E-state index contributed by atoms with van der Waals surface area (Å²) >= 11 is 0. The lowest BCUT2D eigenvalue weighted by molar-refractivity contribution is -0.128. The van der Waals surface area contributed by atoms with E-state index in [1.807, 2.05) is 24.3 Å². The Labute approximate surface area is 158 Å². The van der Waals surface area contributed by atoms with Gasteiger partial charge in [-0.3, -0.25) is 14.4 Å². The lowest BCUT2D eigenvalue weighted by Gasteiger charge is -2.11. The largest absolute Gasteiger partial charge is 0.376 e. The molecule has 0 fully saturated rings. The van der Waals surface area contributed by atoms with E-state index in [1.165, 1.54) is 6.07 Å². The Bertz CT molecular complexity index is 833. The van der Waals surface area contributed by atoms with Crippen molar-refractivity contribution < 1.29 is 14.4 Å². The van der Waals surface area contributed by atoms with Gasteiger partial charge in [0, 0.05) is 37.5 Å². The highest BCUT2D eigenvalue weighted by Gasteiger charge is 2.07. The van der Waals surface area contributed by atoms with Gasteiger partial charge in [0.15, 0.2) is 0 Å². The quantitative estimate of drug-likeness (QED) is 0.661. The maximum atomic E-state index is 12.1. The Morgan fingerprint density at radius 1 is 1.00 bits per heavy atom. The van der Waals surface area contributed by atoms with Gasteiger partial charge in [-0.05, 0) is 42.3 Å². The minimum Gasteiger partial charge on any atom is -0.376 e. The number of carbonyl (C=O) groups excluding carboxylic acids is 3. The van der Waals surface area contributed by atoms with Crippen molar-refractivity contribution in [2.24, 2.45) is 5.73 Å². The van der Waals surface area contributed by atoms with Gasteiger partial charge in [0.05, 0.1) is 6.54 Å². The van der Waals surface area contributed by atoms with E-state index >= 15 is 0 Å². The predicted molar refractivity (Wildman–Crippen MR) is 106 cm³/mol. The molecule has 7 nitrogen and oxygen atoms in total. The van der Waals surface area contributed by atoms with Crippen LogP contribution in [0.25, 0.3) is 0 Å². The molecule has 0 saturated carbocycles. The van der Waals surface area contributed by atoms with E-state index < -0.39 is 5.91 Å². The number of nitrogens with one attached hydrogen (secondary N) is 2. The number of aryl methyl sites for hydroxylation is 1. The average molecular weight is 368 g/mol. The summed E-state index contributed by atoms with van der Waals surface area (Å²) in [6, 6.07) is 14.1. The van der Waals surface area contributed by atoms with Gasteiger partial charge in [-0.1, -0.05) is 18.2 Å². The number of rotatable bonds is 8. The van der Waals surface area contributed by atoms with Crippen LogP contribution in [0.4, 0.5) is 11.4 Å². The molecule has 0 atom stereocenters. The maximum absolute atomic E-state index is 12.1. The Kier molecular flexibility index (Phi) is 6.93. The van der Waals surface area contributed by atoms with Crippen molar-refractivity contribution >= 4 is 29.1 Å². The molecule has 0 aliphatic heterocycles. The Hall–Kier alpha value is -3.35. The van der Waals surface area contributed by atoms with Gasteiger partial charge in [-0.25, -0.2) is 0 Å². The molecule has 0 radical (unpaired) electrons. The number of anilines is 2. The van der Waals surface area contributed by atoms with Crippen molar-refractivity contribution in [3.8, 4) is 0 Å². The van der Waals surface area contributed by atoms with Crippen LogP contribution in [0.1, 0.15) is 22.3 Å². The molecular weight excluding hydrogens is 344 g/mol. The molecule has 142 valence electrons. The Morgan fingerprint density at radius 2 is 1.70 bits per heavy atom. The van der Waals surface area contributed by atoms with Gasteiger partial charge in [-0.2, -0.15) is 0 Å². The predicted octanol–water partition coefficient (Wildman–Crippen LogP) is 1.86. The summed E-state index contributed by atoms with van der Waals surface area (Å²) in [5, 5.41) is 5.77. The van der Waals surface area contributed by atoms with E-state index in [-0.39, 0.29) is 18.4 Å². The smallest absolute Gasteiger partial charge is 0.248 e. The summed E-state index contributed by atoms with van der Waals surface area (Å²) in [6.45, 7) is 0.0703. The van der Waals surface area contributed by atoms with Crippen molar-refractivity contribution in [3.63, 3.8) is 0 Å². The molecular formula is C20H24N4O3. The molecule has 0 aliphatic rings. The molecule has 0 saturated heterocycles. The lowest BCUT2D eigenvalue weighted by Crippen LogP contribution is -2.22. The zero-order chi connectivity index (χ0) is 19.8. The summed E-state index contributed by atoms with van der Waals surface area (Å²) in [6.07, 6.45) is 1.08. The average Bonchev–Trinajstić information content (AvgIpc) is 2.65. The second kappa shape index (κ2) is 9.38. The molecule has 0 aromatic heterocycles. The van der Waals surface area contributed by atoms with Crippen LogP contribution in [0.3, 0.4) is 0 Å². The van der Waals surface area contributed by atoms with Gasteiger partial charge >= 0.3 is 0 Å². The monoisotopic (exact) mass is 368 g/mol. The third-order valence-corrected chi connectivity index (χ3v) is 3.94. The topological polar surface area (TPSA) is 105 Å². The molecule has 0 bridgehead atoms. The standard InChI is InChI=1S/C20H24N4O3/c1-24(2)19(26)10-9-14-5-3-7-16(11-14)22-13-18(25)23-17-8-4-6-15(12-17)20(21)27/h3-8,11-12,22H,9-10,13H2,1-2H3,(H2,21,27)(H,23,25). The molecule has 7 heteroatoms. The zero-order valence-corrected chi connectivity index (χ0v) is 15.5. The minimum atomic E-state index is -0.547. The third kappa shape index (κ3) is 6.47. The zero-order valence-electron chi connectivity index (χ0n) is 15.5. The molecule has 4 N–H and O–H groups in total. The van der Waals surface area contributed by atoms with Crippen molar-refractivity contribution in [3.05, 3.63) is 59.7 Å². The second-order valence-electron chi connectivity index (χ2n) is 6.34. The summed E-state index contributed by atoms with van der Waals surface area (Å²) in [5.41, 5.74) is 7.89. The van der Waals surface area contributed by atoms with Gasteiger partial charge in [0.25, 0.3) is 0 Å². The molecule has 2 aromatic carbocycles. The number of nitrogens with two attached hydrogens (primary N) is 1. The maximum Gasteiger partial charge on any atom is 0.248 e. The second-order valence-corrected chi connectivity index (χ2v) is 6.34. The number of hydrogen-bond acceptors (Lipinski definition) is 4. The SMILES string of the molecule is CN(C)C(=O)CCc1cccc(NCC(=O)Nc2cccc(C(N)=O)c2)c1. The fourth-order valence-electron chi connectivity index (χ4n) is 2.45. The summed E-state index contributed by atoms with van der Waals surface area (Å²) in [4.78, 5) is 36.5. The van der Waals surface area contributed by atoms with Crippen LogP contribution < -0.4 is 16.4 Å². The van der Waals surface area contributed by atoms with E-state index in [2.05, 4.69) is 10.6 Å². The van der Waals surface area contributed by atoms with Crippen molar-refractivity contribution in [1.29, 1.82) is 0 Å². The highest BCUT2D eigenvalue weighted by Crippen LogP contribution is 2.13. The Balaban J connectivity index is 1.88. The molecule has 0 heterocycles. The van der Waals surface area contributed by atoms with Crippen molar-refractivity contribution in [2.45, 2.75) is 12.8 Å². The number of hydrogen-bond donors (Lipinski definition) is 3. The van der Waals surface area contributed by atoms with E-state index in [0.29, 0.717) is 24.1 Å². The van der Waals surface area contributed by atoms with Crippen LogP contribution in [0.5, 0.6) is 0 Å². The number of benzene rings is 2. The highest BCUT2D eigenvalue weighted by atomic mass is 16.2. The van der Waals surface area contributed by atoms with Gasteiger partial charge < -0.3 is 21.3 Å². The van der Waals surface area contributed by atoms with E-state index in [1.54, 1.807) is 37.2 Å². The summed E-state index contributed by atoms with van der Waals surface area (Å²) in [5.74, 6) is -0.718. The highest BCUT2D eigenvalue weighted by molar-refractivity contribution is 5.97. The number of primary amides is 1. The molecule has 3 amide bonds. The number of amides is 3. The van der Waals surface area contributed by atoms with Crippen LogP contribution in [0.2, 0.25) is 0 Å². The van der Waals surface area contributed by atoms with Crippen LogP contribution in [-0.2, 0) is 16.0 Å². The van der Waals surface area contributed by atoms with Gasteiger partial charge in [-0.15, -0.1) is 0 Å². The molecule has 2 aromatic rings. The lowest BCUT2D eigenvalue weighted by atomic mass is 10.1. The number of nitrogens with zero attached hydrogens (tertiary/aromatic N) is 1. The normalized spacial score (nSPS) is 10.1. The van der Waals surface area contributed by atoms with Gasteiger partial charge in [0.2, 0.25) is 17.7 Å². The first-order valence-electron chi connectivity index (χ1n) is 8.58. The first-order valence-corrected chi connectivity index (χ1v) is 8.58. The van der Waals surface area contributed by atoms with Crippen LogP contribution in [-0.4, -0.2) is 43.3 Å². The molecule has 0 aliphatic carbocycles. The van der Waals surface area contributed by atoms with Crippen molar-refractivity contribution in [2.75, 3.05) is 31.3 Å². The van der Waals surface area contributed by atoms with E-state index in [9.17, 15) is 14.4 Å². The minimum absolute atomic E-state index is 0.0703. The van der Waals surface area contributed by atoms with E-state index in [0.717, 1.165) is 11.3 Å². The first kappa shape index (κ1) is 20.0. The molecule has 2 rings (SSSR count). The Morgan fingerprint density at radius 3 is 2.41 bits per heavy atom. The fourth-order valence-corrected chi connectivity index (χ4v) is 2.45. The summed E-state index contributed by atoms with van der Waals surface area (Å²) < 4.78 is 0. The van der Waals surface area contributed by atoms with Crippen molar-refractivity contribution in [1.82, 2.24) is 4.90 Å². The van der Waals surface area contributed by atoms with Gasteiger partial charge in [0.1, 0.15) is 0 Å². The molecule has 0 spiro atoms. The molecule has 27 heavy (non-hydrogen) atoms. The number of carbonyl (C=O) groups is 3. The third-order valence-electron chi connectivity index (χ3n) is 3.94.